The minimum atomic E-state index is -0.293. The molecule has 1 amide bonds. The van der Waals surface area contributed by atoms with E-state index in [4.69, 9.17) is 9.15 Å². The SMILES string of the molecule is COc1ccc(-c2csc(NC(=O)c3occc3C)n2)cc1. The van der Waals surface area contributed by atoms with Crippen molar-refractivity contribution in [2.75, 3.05) is 12.4 Å². The molecule has 0 aliphatic heterocycles. The van der Waals surface area contributed by atoms with Crippen LogP contribution < -0.4 is 10.1 Å². The third-order valence-electron chi connectivity index (χ3n) is 3.18. The van der Waals surface area contributed by atoms with Crippen molar-refractivity contribution in [3.8, 4) is 17.0 Å². The van der Waals surface area contributed by atoms with Gasteiger partial charge in [-0.3, -0.25) is 10.1 Å². The molecule has 3 aromatic rings. The molecule has 0 spiro atoms. The Bertz CT molecular complexity index is 790. The number of thiazole rings is 1. The summed E-state index contributed by atoms with van der Waals surface area (Å²) < 4.78 is 10.3. The average molecular weight is 314 g/mol. The van der Waals surface area contributed by atoms with Crippen LogP contribution in [0.15, 0.2) is 46.4 Å². The highest BCUT2D eigenvalue weighted by molar-refractivity contribution is 7.14. The van der Waals surface area contributed by atoms with E-state index >= 15 is 0 Å². The number of ether oxygens (including phenoxy) is 1. The number of aryl methyl sites for hydroxylation is 1. The lowest BCUT2D eigenvalue weighted by atomic mass is 10.2. The summed E-state index contributed by atoms with van der Waals surface area (Å²) in [7, 11) is 1.63. The molecule has 0 fully saturated rings. The lowest BCUT2D eigenvalue weighted by Gasteiger charge is -2.01. The van der Waals surface area contributed by atoms with Gasteiger partial charge in [-0.05, 0) is 37.3 Å². The first-order chi connectivity index (χ1) is 10.7. The number of furan rings is 1. The number of rotatable bonds is 4. The molecule has 0 radical (unpaired) electrons. The molecular formula is C16H14N2O3S. The van der Waals surface area contributed by atoms with E-state index in [1.807, 2.05) is 36.6 Å². The standard InChI is InChI=1S/C16H14N2O3S/c1-10-7-8-21-14(10)15(19)18-16-17-13(9-22-16)11-3-5-12(20-2)6-4-11/h3-9H,1-2H3,(H,17,18,19). The number of methoxy groups -OCH3 is 1. The molecule has 0 aliphatic carbocycles. The molecule has 0 unspecified atom stereocenters. The van der Waals surface area contributed by atoms with Gasteiger partial charge in [0.1, 0.15) is 5.75 Å². The van der Waals surface area contributed by atoms with Crippen molar-refractivity contribution < 1.29 is 13.9 Å². The van der Waals surface area contributed by atoms with E-state index in [1.165, 1.54) is 17.6 Å². The Morgan fingerprint density at radius 3 is 2.68 bits per heavy atom. The zero-order valence-electron chi connectivity index (χ0n) is 12.1. The smallest absolute Gasteiger partial charge is 0.293 e. The number of hydrogen-bond acceptors (Lipinski definition) is 5. The van der Waals surface area contributed by atoms with Gasteiger partial charge in [0.15, 0.2) is 10.9 Å². The van der Waals surface area contributed by atoms with Crippen LogP contribution in [0.1, 0.15) is 16.1 Å². The molecule has 1 aromatic carbocycles. The first-order valence-corrected chi connectivity index (χ1v) is 7.51. The Morgan fingerprint density at radius 1 is 1.27 bits per heavy atom. The predicted molar refractivity (Wildman–Crippen MR) is 85.5 cm³/mol. The Hall–Kier alpha value is -2.60. The van der Waals surface area contributed by atoms with Gasteiger partial charge in [0.2, 0.25) is 0 Å². The maximum absolute atomic E-state index is 12.1. The summed E-state index contributed by atoms with van der Waals surface area (Å²) in [6, 6.07) is 9.35. The number of benzene rings is 1. The van der Waals surface area contributed by atoms with Gasteiger partial charge in [-0.1, -0.05) is 0 Å². The van der Waals surface area contributed by atoms with Crippen LogP contribution in [-0.2, 0) is 0 Å². The van der Waals surface area contributed by atoms with Crippen molar-refractivity contribution >= 4 is 22.4 Å². The average Bonchev–Trinajstić information content (AvgIpc) is 3.16. The van der Waals surface area contributed by atoms with E-state index in [2.05, 4.69) is 10.3 Å². The van der Waals surface area contributed by atoms with E-state index in [1.54, 1.807) is 13.2 Å². The molecule has 1 N–H and O–H groups in total. The molecule has 0 bridgehead atoms. The van der Waals surface area contributed by atoms with Crippen molar-refractivity contribution in [3.05, 3.63) is 53.3 Å². The van der Waals surface area contributed by atoms with Gasteiger partial charge < -0.3 is 9.15 Å². The molecule has 6 heteroatoms. The molecule has 0 saturated heterocycles. The molecule has 0 saturated carbocycles. The lowest BCUT2D eigenvalue weighted by Crippen LogP contribution is -2.11. The highest BCUT2D eigenvalue weighted by Gasteiger charge is 2.14. The van der Waals surface area contributed by atoms with Crippen LogP contribution in [0.25, 0.3) is 11.3 Å². The number of carbonyl (C=O) groups is 1. The maximum Gasteiger partial charge on any atom is 0.293 e. The summed E-state index contributed by atoms with van der Waals surface area (Å²) in [4.78, 5) is 16.5. The third kappa shape index (κ3) is 2.87. The minimum Gasteiger partial charge on any atom is -0.497 e. The summed E-state index contributed by atoms with van der Waals surface area (Å²) in [5.74, 6) is 0.806. The van der Waals surface area contributed by atoms with E-state index in [0.717, 1.165) is 22.6 Å². The van der Waals surface area contributed by atoms with Crippen LogP contribution in [0.2, 0.25) is 0 Å². The second kappa shape index (κ2) is 6.03. The first-order valence-electron chi connectivity index (χ1n) is 6.63. The Labute approximate surface area is 131 Å². The number of amides is 1. The first kappa shape index (κ1) is 14.3. The van der Waals surface area contributed by atoms with Crippen molar-refractivity contribution in [1.82, 2.24) is 4.98 Å². The fourth-order valence-corrected chi connectivity index (χ4v) is 2.70. The largest absolute Gasteiger partial charge is 0.497 e. The topological polar surface area (TPSA) is 64.4 Å². The van der Waals surface area contributed by atoms with Crippen LogP contribution in [0, 0.1) is 6.92 Å². The number of nitrogens with one attached hydrogen (secondary N) is 1. The Kier molecular flexibility index (Phi) is 3.93. The molecule has 2 aromatic heterocycles. The zero-order valence-corrected chi connectivity index (χ0v) is 12.9. The van der Waals surface area contributed by atoms with Gasteiger partial charge in [0.25, 0.3) is 5.91 Å². The summed E-state index contributed by atoms with van der Waals surface area (Å²) in [6.45, 7) is 1.82. The predicted octanol–water partition coefficient (Wildman–Crippen LogP) is 3.97. The quantitative estimate of drug-likeness (QED) is 0.791. The molecule has 3 rings (SSSR count). The molecule has 0 atom stereocenters. The van der Waals surface area contributed by atoms with Crippen molar-refractivity contribution in [2.24, 2.45) is 0 Å². The number of hydrogen-bond donors (Lipinski definition) is 1. The molecular weight excluding hydrogens is 300 g/mol. The van der Waals surface area contributed by atoms with Gasteiger partial charge in [0, 0.05) is 16.5 Å². The van der Waals surface area contributed by atoms with E-state index in [0.29, 0.717) is 10.9 Å². The van der Waals surface area contributed by atoms with Crippen LogP contribution in [-0.4, -0.2) is 18.0 Å². The number of anilines is 1. The second-order valence-corrected chi connectivity index (χ2v) is 5.51. The molecule has 2 heterocycles. The summed E-state index contributed by atoms with van der Waals surface area (Å²) in [5, 5.41) is 5.18. The molecule has 112 valence electrons. The van der Waals surface area contributed by atoms with Crippen molar-refractivity contribution in [3.63, 3.8) is 0 Å². The van der Waals surface area contributed by atoms with Crippen LogP contribution in [0.3, 0.4) is 0 Å². The molecule has 22 heavy (non-hydrogen) atoms. The minimum absolute atomic E-state index is 0.293. The number of aromatic nitrogens is 1. The number of nitrogens with zero attached hydrogens (tertiary/aromatic N) is 1. The van der Waals surface area contributed by atoms with E-state index < -0.39 is 0 Å². The maximum atomic E-state index is 12.1. The van der Waals surface area contributed by atoms with Gasteiger partial charge in [-0.15, -0.1) is 11.3 Å². The van der Waals surface area contributed by atoms with Crippen LogP contribution >= 0.6 is 11.3 Å². The zero-order chi connectivity index (χ0) is 15.5. The Balaban J connectivity index is 1.76. The van der Waals surface area contributed by atoms with Gasteiger partial charge in [-0.2, -0.15) is 0 Å². The summed E-state index contributed by atoms with van der Waals surface area (Å²) >= 11 is 1.37. The van der Waals surface area contributed by atoms with Gasteiger partial charge in [0.05, 0.1) is 19.1 Å². The van der Waals surface area contributed by atoms with Crippen molar-refractivity contribution in [1.29, 1.82) is 0 Å². The van der Waals surface area contributed by atoms with Gasteiger partial charge in [-0.25, -0.2) is 4.98 Å². The third-order valence-corrected chi connectivity index (χ3v) is 3.94. The van der Waals surface area contributed by atoms with E-state index in [9.17, 15) is 4.79 Å². The molecule has 5 nitrogen and oxygen atoms in total. The van der Waals surface area contributed by atoms with Crippen LogP contribution in [0.5, 0.6) is 5.75 Å². The van der Waals surface area contributed by atoms with E-state index in [-0.39, 0.29) is 5.91 Å². The normalized spacial score (nSPS) is 10.5. The van der Waals surface area contributed by atoms with Crippen LogP contribution in [0.4, 0.5) is 5.13 Å². The lowest BCUT2D eigenvalue weighted by molar-refractivity contribution is 0.0996. The highest BCUT2D eigenvalue weighted by Crippen LogP contribution is 2.26. The Morgan fingerprint density at radius 2 is 2.05 bits per heavy atom. The highest BCUT2D eigenvalue weighted by atomic mass is 32.1. The summed E-state index contributed by atoms with van der Waals surface area (Å²) in [5.41, 5.74) is 2.57. The van der Waals surface area contributed by atoms with Crippen molar-refractivity contribution in [2.45, 2.75) is 6.92 Å². The second-order valence-electron chi connectivity index (χ2n) is 4.65. The molecule has 0 aliphatic rings. The fraction of sp³-hybridized carbons (Fsp3) is 0.125. The summed E-state index contributed by atoms with van der Waals surface area (Å²) in [6.07, 6.45) is 1.49. The number of carbonyl (C=O) groups excluding carboxylic acids is 1. The monoisotopic (exact) mass is 314 g/mol. The fourth-order valence-electron chi connectivity index (χ4n) is 1.98. The van der Waals surface area contributed by atoms with Gasteiger partial charge >= 0.3 is 0 Å².